The average molecular weight is 518 g/mol. The van der Waals surface area contributed by atoms with Crippen molar-refractivity contribution < 1.29 is 18.0 Å². The van der Waals surface area contributed by atoms with E-state index >= 15 is 0 Å². The molecule has 200 valence electrons. The molecule has 0 aromatic carbocycles. The van der Waals surface area contributed by atoms with Gasteiger partial charge in [-0.3, -0.25) is 4.79 Å². The van der Waals surface area contributed by atoms with Crippen LogP contribution >= 0.6 is 0 Å². The molecule has 2 aromatic rings. The second-order valence-electron chi connectivity index (χ2n) is 11.4. The Balaban J connectivity index is 1.21. The van der Waals surface area contributed by atoms with E-state index in [2.05, 4.69) is 37.9 Å². The summed E-state index contributed by atoms with van der Waals surface area (Å²) in [5.41, 5.74) is 1.36. The van der Waals surface area contributed by atoms with Crippen molar-refractivity contribution in [3.05, 3.63) is 29.6 Å². The van der Waals surface area contributed by atoms with Gasteiger partial charge in [-0.2, -0.15) is 13.2 Å². The van der Waals surface area contributed by atoms with E-state index in [-0.39, 0.29) is 28.5 Å². The molecule has 1 N–H and O–H groups in total. The molecule has 0 unspecified atom stereocenters. The van der Waals surface area contributed by atoms with Crippen LogP contribution in [-0.4, -0.2) is 69.2 Å². The number of alkyl halides is 3. The Morgan fingerprint density at radius 2 is 1.81 bits per heavy atom. The number of imidazole rings is 1. The highest BCUT2D eigenvalue weighted by Crippen LogP contribution is 2.48. The van der Waals surface area contributed by atoms with E-state index in [0.29, 0.717) is 13.1 Å². The molecule has 0 spiro atoms. The van der Waals surface area contributed by atoms with Gasteiger partial charge in [0.15, 0.2) is 0 Å². The van der Waals surface area contributed by atoms with E-state index in [1.54, 1.807) is 0 Å². The number of amides is 1. The maximum Gasteiger partial charge on any atom is 0.396 e. The number of nitrogens with zero attached hydrogens (tertiary/aromatic N) is 6. The van der Waals surface area contributed by atoms with Crippen LogP contribution in [0.25, 0.3) is 0 Å². The van der Waals surface area contributed by atoms with Crippen LogP contribution in [0, 0.1) is 0 Å². The van der Waals surface area contributed by atoms with Crippen molar-refractivity contribution in [2.45, 2.75) is 81.8 Å². The van der Waals surface area contributed by atoms with Crippen LogP contribution in [0.1, 0.15) is 80.8 Å². The molecule has 8 nitrogen and oxygen atoms in total. The molecule has 5 heterocycles. The summed E-state index contributed by atoms with van der Waals surface area (Å²) in [6.07, 6.45) is 4.78. The van der Waals surface area contributed by atoms with Crippen molar-refractivity contribution in [1.82, 2.24) is 24.4 Å². The average Bonchev–Trinajstić information content (AvgIpc) is 3.24. The summed E-state index contributed by atoms with van der Waals surface area (Å²) < 4.78 is 44.0. The minimum atomic E-state index is -4.54. The Kier molecular flexibility index (Phi) is 6.16. The largest absolute Gasteiger partial charge is 0.396 e. The van der Waals surface area contributed by atoms with E-state index < -0.39 is 24.4 Å². The van der Waals surface area contributed by atoms with Gasteiger partial charge in [0.25, 0.3) is 0 Å². The number of aromatic nitrogens is 4. The first kappa shape index (κ1) is 24.6. The zero-order valence-electron chi connectivity index (χ0n) is 21.2. The molecule has 37 heavy (non-hydrogen) atoms. The maximum atomic E-state index is 13.9. The Hall–Kier alpha value is -2.69. The van der Waals surface area contributed by atoms with Gasteiger partial charge in [0.1, 0.15) is 23.8 Å². The van der Waals surface area contributed by atoms with Crippen LogP contribution in [0.5, 0.6) is 0 Å². The topological polar surface area (TPSA) is 79.2 Å². The molecule has 0 bridgehead atoms. The third kappa shape index (κ3) is 4.82. The Labute approximate surface area is 214 Å². The van der Waals surface area contributed by atoms with Gasteiger partial charge in [0.05, 0.1) is 17.2 Å². The lowest BCUT2D eigenvalue weighted by molar-refractivity contribution is -0.156. The van der Waals surface area contributed by atoms with Gasteiger partial charge in [-0.1, -0.05) is 6.92 Å². The number of piperidine rings is 1. The molecule has 2 saturated heterocycles. The van der Waals surface area contributed by atoms with E-state index in [9.17, 15) is 18.0 Å². The van der Waals surface area contributed by atoms with Gasteiger partial charge in [-0.05, 0) is 51.6 Å². The zero-order valence-corrected chi connectivity index (χ0v) is 21.2. The van der Waals surface area contributed by atoms with Gasteiger partial charge < -0.3 is 19.7 Å². The standard InChI is InChI=1S/C26H34F3N7O/c1-25(6-7-25)19-15-36(13-12-34-8-2-3-9-34)23(32-19)17-4-10-35(11-5-17)24-21-18(26(27,28)29)14-20(37)33-22(21)30-16-31-24/h15-18H,2-14H2,1H3,(H,30,31,33,37)/t18-/m1/s1. The molecular weight excluding hydrogens is 483 g/mol. The van der Waals surface area contributed by atoms with E-state index in [1.165, 1.54) is 37.7 Å². The number of hydrogen-bond acceptors (Lipinski definition) is 6. The molecule has 6 rings (SSSR count). The van der Waals surface area contributed by atoms with Gasteiger partial charge in [0.2, 0.25) is 5.91 Å². The van der Waals surface area contributed by atoms with Gasteiger partial charge in [-0.15, -0.1) is 0 Å². The van der Waals surface area contributed by atoms with Crippen LogP contribution in [0.3, 0.4) is 0 Å². The third-order valence-corrected chi connectivity index (χ3v) is 8.70. The van der Waals surface area contributed by atoms with Crippen LogP contribution in [0.2, 0.25) is 0 Å². The molecule has 0 radical (unpaired) electrons. The molecule has 1 saturated carbocycles. The van der Waals surface area contributed by atoms with E-state index in [1.807, 2.05) is 4.90 Å². The van der Waals surface area contributed by atoms with Crippen molar-refractivity contribution in [1.29, 1.82) is 0 Å². The minimum absolute atomic E-state index is 0.0101. The Morgan fingerprint density at radius 1 is 1.08 bits per heavy atom. The van der Waals surface area contributed by atoms with Crippen LogP contribution in [0.4, 0.5) is 24.8 Å². The monoisotopic (exact) mass is 517 g/mol. The molecule has 11 heteroatoms. The number of likely N-dealkylation sites (tertiary alicyclic amines) is 1. The van der Waals surface area contributed by atoms with E-state index in [4.69, 9.17) is 4.98 Å². The predicted octanol–water partition coefficient (Wildman–Crippen LogP) is 4.19. The second kappa shape index (κ2) is 9.25. The molecule has 3 fully saturated rings. The summed E-state index contributed by atoms with van der Waals surface area (Å²) in [7, 11) is 0. The Bertz CT molecular complexity index is 1160. The van der Waals surface area contributed by atoms with Crippen LogP contribution in [0.15, 0.2) is 12.5 Å². The molecule has 1 atom stereocenters. The van der Waals surface area contributed by atoms with Crippen LogP contribution in [-0.2, 0) is 16.8 Å². The summed E-state index contributed by atoms with van der Waals surface area (Å²) in [4.78, 5) is 29.7. The number of hydrogen-bond donors (Lipinski definition) is 1. The molecule has 2 aromatic heterocycles. The summed E-state index contributed by atoms with van der Waals surface area (Å²) in [5.74, 6) is -0.927. The summed E-state index contributed by atoms with van der Waals surface area (Å²) >= 11 is 0. The van der Waals surface area contributed by atoms with Gasteiger partial charge in [-0.25, -0.2) is 15.0 Å². The highest BCUT2D eigenvalue weighted by molar-refractivity contribution is 5.94. The lowest BCUT2D eigenvalue weighted by Gasteiger charge is -2.36. The molecule has 1 amide bonds. The third-order valence-electron chi connectivity index (χ3n) is 8.70. The first-order valence-corrected chi connectivity index (χ1v) is 13.5. The minimum Gasteiger partial charge on any atom is -0.356 e. The number of carbonyl (C=O) groups is 1. The number of carbonyl (C=O) groups excluding carboxylic acids is 1. The van der Waals surface area contributed by atoms with Crippen molar-refractivity contribution in [2.24, 2.45) is 0 Å². The molecule has 4 aliphatic rings. The second-order valence-corrected chi connectivity index (χ2v) is 11.4. The van der Waals surface area contributed by atoms with Crippen molar-refractivity contribution in [2.75, 3.05) is 42.9 Å². The number of fused-ring (bicyclic) bond motifs is 1. The fourth-order valence-corrected chi connectivity index (χ4v) is 6.08. The molecule has 1 aliphatic carbocycles. The Morgan fingerprint density at radius 3 is 2.49 bits per heavy atom. The first-order chi connectivity index (χ1) is 17.7. The van der Waals surface area contributed by atoms with Crippen LogP contribution < -0.4 is 10.2 Å². The highest BCUT2D eigenvalue weighted by Gasteiger charge is 2.48. The molecule has 3 aliphatic heterocycles. The number of halogens is 3. The van der Waals surface area contributed by atoms with Crippen molar-refractivity contribution in [3.8, 4) is 0 Å². The smallest absolute Gasteiger partial charge is 0.356 e. The van der Waals surface area contributed by atoms with Crippen molar-refractivity contribution >= 4 is 17.5 Å². The normalized spacial score (nSPS) is 24.3. The fourth-order valence-electron chi connectivity index (χ4n) is 6.08. The zero-order chi connectivity index (χ0) is 25.8. The summed E-state index contributed by atoms with van der Waals surface area (Å²) in [6.45, 7) is 7.71. The lowest BCUT2D eigenvalue weighted by Crippen LogP contribution is -2.38. The van der Waals surface area contributed by atoms with Gasteiger partial charge >= 0.3 is 6.18 Å². The highest BCUT2D eigenvalue weighted by atomic mass is 19.4. The number of rotatable bonds is 6. The maximum absolute atomic E-state index is 13.9. The lowest BCUT2D eigenvalue weighted by atomic mass is 9.90. The number of nitrogens with one attached hydrogen (secondary N) is 1. The number of anilines is 2. The fraction of sp³-hybridized carbons (Fsp3) is 0.692. The first-order valence-electron chi connectivity index (χ1n) is 13.5. The predicted molar refractivity (Wildman–Crippen MR) is 133 cm³/mol. The quantitative estimate of drug-likeness (QED) is 0.619. The summed E-state index contributed by atoms with van der Waals surface area (Å²) in [5, 5.41) is 2.51. The van der Waals surface area contributed by atoms with Gasteiger partial charge in [0, 0.05) is 50.1 Å². The van der Waals surface area contributed by atoms with E-state index in [0.717, 1.165) is 44.8 Å². The SMILES string of the molecule is CC1(c2cn(CCN3CCCC3)c(C3CCN(c4ncnc5c4[C@H](C(F)(F)F)CC(=O)N5)CC3)n2)CC1. The molecular formula is C26H34F3N7O. The summed E-state index contributed by atoms with van der Waals surface area (Å²) in [6, 6.07) is 0. The van der Waals surface area contributed by atoms with Crippen molar-refractivity contribution in [3.63, 3.8) is 0 Å².